The maximum absolute atomic E-state index is 6.29. The Morgan fingerprint density at radius 1 is 1.31 bits per heavy atom. The highest BCUT2D eigenvalue weighted by atomic mass is 28.4. The van der Waals surface area contributed by atoms with E-state index in [1.165, 1.54) is 25.7 Å². The summed E-state index contributed by atoms with van der Waals surface area (Å²) in [6.45, 7) is 12.4. The number of ether oxygens (including phenoxy) is 1. The average molecular weight is 242 g/mol. The van der Waals surface area contributed by atoms with Crippen LogP contribution in [0.4, 0.5) is 0 Å². The van der Waals surface area contributed by atoms with E-state index in [4.69, 9.17) is 9.16 Å². The van der Waals surface area contributed by atoms with E-state index >= 15 is 0 Å². The molecule has 1 aliphatic heterocycles. The van der Waals surface area contributed by atoms with Crippen molar-refractivity contribution in [3.63, 3.8) is 0 Å². The minimum absolute atomic E-state index is 0.133. The summed E-state index contributed by atoms with van der Waals surface area (Å²) in [7, 11) is -1.59. The maximum atomic E-state index is 6.29. The normalized spacial score (nSPS) is 34.7. The molecule has 16 heavy (non-hydrogen) atoms. The SMILES string of the molecule is CC(C)(C)[Si](C)(C)OC[C@@]12CCCC[C@@H]1O2. The summed E-state index contributed by atoms with van der Waals surface area (Å²) in [6, 6.07) is 0. The first-order valence-corrected chi connectivity index (χ1v) is 9.49. The van der Waals surface area contributed by atoms with Crippen molar-refractivity contribution in [3.05, 3.63) is 0 Å². The summed E-state index contributed by atoms with van der Waals surface area (Å²) in [5.41, 5.74) is 0.133. The first-order valence-electron chi connectivity index (χ1n) is 6.59. The lowest BCUT2D eigenvalue weighted by Crippen LogP contribution is -2.44. The molecule has 0 bridgehead atoms. The molecule has 2 fully saturated rings. The lowest BCUT2D eigenvalue weighted by atomic mass is 9.90. The van der Waals surface area contributed by atoms with Gasteiger partial charge in [0.1, 0.15) is 5.60 Å². The third-order valence-corrected chi connectivity index (χ3v) is 9.18. The molecule has 3 heteroatoms. The number of hydrogen-bond acceptors (Lipinski definition) is 2. The topological polar surface area (TPSA) is 21.8 Å². The van der Waals surface area contributed by atoms with Crippen LogP contribution in [0.2, 0.25) is 18.1 Å². The molecule has 0 amide bonds. The lowest BCUT2D eigenvalue weighted by molar-refractivity contribution is 0.167. The molecule has 0 radical (unpaired) electrons. The second-order valence-corrected chi connectivity index (χ2v) is 11.8. The predicted molar refractivity (Wildman–Crippen MR) is 69.2 cm³/mol. The number of fused-ring (bicyclic) bond motifs is 1. The van der Waals surface area contributed by atoms with Crippen LogP contribution in [-0.2, 0) is 9.16 Å². The Balaban J connectivity index is 1.88. The second-order valence-electron chi connectivity index (χ2n) is 6.97. The Hall–Kier alpha value is 0.137. The summed E-state index contributed by atoms with van der Waals surface area (Å²) in [4.78, 5) is 0. The van der Waals surface area contributed by atoms with E-state index in [-0.39, 0.29) is 5.60 Å². The van der Waals surface area contributed by atoms with E-state index in [1.54, 1.807) is 0 Å². The summed E-state index contributed by atoms with van der Waals surface area (Å²) in [6.07, 6.45) is 5.64. The Labute approximate surface area is 101 Å². The first-order chi connectivity index (χ1) is 7.27. The fraction of sp³-hybridized carbons (Fsp3) is 1.00. The quantitative estimate of drug-likeness (QED) is 0.556. The number of hydrogen-bond donors (Lipinski definition) is 0. The van der Waals surface area contributed by atoms with Crippen LogP contribution < -0.4 is 0 Å². The first kappa shape index (κ1) is 12.6. The van der Waals surface area contributed by atoms with Crippen molar-refractivity contribution in [1.82, 2.24) is 0 Å². The molecular weight excluding hydrogens is 216 g/mol. The summed E-state index contributed by atoms with van der Waals surface area (Å²) < 4.78 is 12.2. The molecule has 0 aromatic heterocycles. The number of epoxide rings is 1. The fourth-order valence-electron chi connectivity index (χ4n) is 2.26. The molecule has 2 atom stereocenters. The van der Waals surface area contributed by atoms with Crippen LogP contribution >= 0.6 is 0 Å². The number of rotatable bonds is 3. The van der Waals surface area contributed by atoms with Gasteiger partial charge in [-0.1, -0.05) is 33.6 Å². The molecule has 2 rings (SSSR count). The lowest BCUT2D eigenvalue weighted by Gasteiger charge is -2.37. The summed E-state index contributed by atoms with van der Waals surface area (Å²) >= 11 is 0. The third-order valence-electron chi connectivity index (χ3n) is 4.71. The standard InChI is InChI=1S/C13H26O2Si/c1-12(2,3)16(4,5)14-10-13-9-7-6-8-11(13)15-13/h11H,6-10H2,1-5H3/t11-,13-/m0/s1. The van der Waals surface area contributed by atoms with E-state index in [0.29, 0.717) is 11.1 Å². The smallest absolute Gasteiger partial charge is 0.192 e. The van der Waals surface area contributed by atoms with E-state index in [9.17, 15) is 0 Å². The predicted octanol–water partition coefficient (Wildman–Crippen LogP) is 3.72. The van der Waals surface area contributed by atoms with Crippen molar-refractivity contribution in [2.24, 2.45) is 0 Å². The molecule has 0 unspecified atom stereocenters. The highest BCUT2D eigenvalue weighted by Gasteiger charge is 2.58. The van der Waals surface area contributed by atoms with Gasteiger partial charge in [0.05, 0.1) is 12.7 Å². The van der Waals surface area contributed by atoms with Crippen LogP contribution in [0, 0.1) is 0 Å². The molecule has 94 valence electrons. The third kappa shape index (κ3) is 2.22. The van der Waals surface area contributed by atoms with Gasteiger partial charge in [-0.05, 0) is 31.0 Å². The van der Waals surface area contributed by atoms with Gasteiger partial charge < -0.3 is 9.16 Å². The van der Waals surface area contributed by atoms with Crippen molar-refractivity contribution in [2.75, 3.05) is 6.61 Å². The summed E-state index contributed by atoms with van der Waals surface area (Å²) in [5, 5.41) is 0.308. The molecule has 2 aliphatic rings. The van der Waals surface area contributed by atoms with Crippen molar-refractivity contribution < 1.29 is 9.16 Å². The summed E-state index contributed by atoms with van der Waals surface area (Å²) in [5.74, 6) is 0. The maximum Gasteiger partial charge on any atom is 0.192 e. The zero-order valence-electron chi connectivity index (χ0n) is 11.4. The largest absolute Gasteiger partial charge is 0.414 e. The molecule has 0 aromatic carbocycles. The molecule has 1 heterocycles. The van der Waals surface area contributed by atoms with Crippen molar-refractivity contribution >= 4 is 8.32 Å². The van der Waals surface area contributed by atoms with Crippen LogP contribution in [0.25, 0.3) is 0 Å². The van der Waals surface area contributed by atoms with Crippen LogP contribution in [-0.4, -0.2) is 26.6 Å². The molecule has 1 aliphatic carbocycles. The molecular formula is C13H26O2Si. The van der Waals surface area contributed by atoms with Gasteiger partial charge >= 0.3 is 0 Å². The van der Waals surface area contributed by atoms with Crippen molar-refractivity contribution in [2.45, 2.75) is 76.3 Å². The van der Waals surface area contributed by atoms with Gasteiger partial charge in [-0.25, -0.2) is 0 Å². The van der Waals surface area contributed by atoms with E-state index < -0.39 is 8.32 Å². The van der Waals surface area contributed by atoms with E-state index in [2.05, 4.69) is 33.9 Å². The van der Waals surface area contributed by atoms with Crippen molar-refractivity contribution in [3.8, 4) is 0 Å². The average Bonchev–Trinajstić information content (AvgIpc) is 2.88. The molecule has 0 spiro atoms. The van der Waals surface area contributed by atoms with E-state index in [0.717, 1.165) is 6.61 Å². The molecule has 1 saturated heterocycles. The van der Waals surface area contributed by atoms with Crippen LogP contribution in [0.3, 0.4) is 0 Å². The van der Waals surface area contributed by atoms with Gasteiger partial charge in [0.2, 0.25) is 0 Å². The molecule has 0 N–H and O–H groups in total. The zero-order chi connectivity index (χ0) is 12.0. The Morgan fingerprint density at radius 3 is 2.56 bits per heavy atom. The van der Waals surface area contributed by atoms with Gasteiger partial charge in [0.15, 0.2) is 8.32 Å². The Bertz CT molecular complexity index is 270. The van der Waals surface area contributed by atoms with Crippen LogP contribution in [0.15, 0.2) is 0 Å². The highest BCUT2D eigenvalue weighted by molar-refractivity contribution is 6.74. The molecule has 1 saturated carbocycles. The minimum atomic E-state index is -1.59. The van der Waals surface area contributed by atoms with Crippen LogP contribution in [0.5, 0.6) is 0 Å². The van der Waals surface area contributed by atoms with E-state index in [1.807, 2.05) is 0 Å². The van der Waals surface area contributed by atoms with Gasteiger partial charge in [0, 0.05) is 0 Å². The molecule has 0 aromatic rings. The van der Waals surface area contributed by atoms with Crippen molar-refractivity contribution in [1.29, 1.82) is 0 Å². The zero-order valence-corrected chi connectivity index (χ0v) is 12.4. The minimum Gasteiger partial charge on any atom is -0.414 e. The fourth-order valence-corrected chi connectivity index (χ4v) is 3.30. The van der Waals surface area contributed by atoms with Gasteiger partial charge in [-0.15, -0.1) is 0 Å². The Morgan fingerprint density at radius 2 is 2.00 bits per heavy atom. The Kier molecular flexibility index (Phi) is 3.01. The van der Waals surface area contributed by atoms with Gasteiger partial charge in [-0.2, -0.15) is 0 Å². The van der Waals surface area contributed by atoms with Crippen LogP contribution in [0.1, 0.15) is 46.5 Å². The highest BCUT2D eigenvalue weighted by Crippen LogP contribution is 2.49. The monoisotopic (exact) mass is 242 g/mol. The molecule has 2 nitrogen and oxygen atoms in total. The second kappa shape index (κ2) is 3.82. The van der Waals surface area contributed by atoms with Gasteiger partial charge in [-0.3, -0.25) is 0 Å². The van der Waals surface area contributed by atoms with Gasteiger partial charge in [0.25, 0.3) is 0 Å².